The summed E-state index contributed by atoms with van der Waals surface area (Å²) in [6, 6.07) is 0.105. The van der Waals surface area contributed by atoms with E-state index in [1.807, 2.05) is 11.8 Å². The highest BCUT2D eigenvalue weighted by molar-refractivity contribution is 7.89. The fourth-order valence-electron chi connectivity index (χ4n) is 2.39. The first-order valence-corrected chi connectivity index (χ1v) is 8.60. The first-order valence-electron chi connectivity index (χ1n) is 6.94. The van der Waals surface area contributed by atoms with Crippen LogP contribution in [0.2, 0.25) is 0 Å². The standard InChI is InChI=1S/C13H24N2O4S/c1-3-5-6-7-20(18,19)14-11-8-12(9-11)15(4-2)10-13(16)17/h3,11-12,14H,1,4-10H2,2H3,(H,16,17). The van der Waals surface area contributed by atoms with Gasteiger partial charge in [-0.25, -0.2) is 13.1 Å². The van der Waals surface area contributed by atoms with Crippen LogP contribution in [-0.4, -0.2) is 55.3 Å². The van der Waals surface area contributed by atoms with Gasteiger partial charge in [0.25, 0.3) is 0 Å². The maximum absolute atomic E-state index is 11.8. The molecule has 0 aromatic carbocycles. The predicted molar refractivity (Wildman–Crippen MR) is 78.0 cm³/mol. The van der Waals surface area contributed by atoms with Gasteiger partial charge in [0, 0.05) is 12.1 Å². The number of carboxylic acids is 1. The minimum Gasteiger partial charge on any atom is -0.480 e. The van der Waals surface area contributed by atoms with E-state index in [1.165, 1.54) is 0 Å². The molecule has 0 aromatic heterocycles. The number of rotatable bonds is 10. The molecule has 20 heavy (non-hydrogen) atoms. The largest absolute Gasteiger partial charge is 0.480 e. The molecular formula is C13H24N2O4S. The Morgan fingerprint density at radius 2 is 2.15 bits per heavy atom. The zero-order valence-electron chi connectivity index (χ0n) is 11.9. The smallest absolute Gasteiger partial charge is 0.317 e. The van der Waals surface area contributed by atoms with Gasteiger partial charge < -0.3 is 5.11 Å². The lowest BCUT2D eigenvalue weighted by Crippen LogP contribution is -2.55. The zero-order chi connectivity index (χ0) is 15.2. The Morgan fingerprint density at radius 1 is 1.50 bits per heavy atom. The van der Waals surface area contributed by atoms with E-state index in [-0.39, 0.29) is 24.4 Å². The van der Waals surface area contributed by atoms with E-state index in [0.29, 0.717) is 32.2 Å². The van der Waals surface area contributed by atoms with Crippen molar-refractivity contribution in [3.8, 4) is 0 Å². The van der Waals surface area contributed by atoms with Gasteiger partial charge in [0.05, 0.1) is 12.3 Å². The number of nitrogens with one attached hydrogen (secondary N) is 1. The van der Waals surface area contributed by atoms with Crippen molar-refractivity contribution in [2.75, 3.05) is 18.8 Å². The quantitative estimate of drug-likeness (QED) is 0.461. The van der Waals surface area contributed by atoms with Crippen molar-refractivity contribution in [2.24, 2.45) is 0 Å². The number of hydrogen-bond donors (Lipinski definition) is 2. The Morgan fingerprint density at radius 3 is 2.65 bits per heavy atom. The van der Waals surface area contributed by atoms with Gasteiger partial charge in [-0.05, 0) is 32.2 Å². The Kier molecular flexibility index (Phi) is 6.64. The van der Waals surface area contributed by atoms with Crippen LogP contribution in [-0.2, 0) is 14.8 Å². The summed E-state index contributed by atoms with van der Waals surface area (Å²) in [6.07, 6.45) is 4.34. The lowest BCUT2D eigenvalue weighted by molar-refractivity contribution is -0.139. The number of aliphatic carboxylic acids is 1. The van der Waals surface area contributed by atoms with Crippen molar-refractivity contribution in [1.29, 1.82) is 0 Å². The minimum atomic E-state index is -3.23. The highest BCUT2D eigenvalue weighted by Crippen LogP contribution is 2.26. The van der Waals surface area contributed by atoms with Gasteiger partial charge in [-0.1, -0.05) is 13.0 Å². The highest BCUT2D eigenvalue weighted by Gasteiger charge is 2.35. The SMILES string of the molecule is C=CCCCS(=O)(=O)NC1CC(N(CC)CC(=O)O)C1. The van der Waals surface area contributed by atoms with Crippen LogP contribution in [0.5, 0.6) is 0 Å². The van der Waals surface area contributed by atoms with Crippen molar-refractivity contribution in [3.63, 3.8) is 0 Å². The van der Waals surface area contributed by atoms with Crippen molar-refractivity contribution < 1.29 is 18.3 Å². The molecule has 0 heterocycles. The van der Waals surface area contributed by atoms with Gasteiger partial charge in [-0.15, -0.1) is 6.58 Å². The van der Waals surface area contributed by atoms with Crippen LogP contribution in [0, 0.1) is 0 Å². The summed E-state index contributed by atoms with van der Waals surface area (Å²) in [4.78, 5) is 12.6. The van der Waals surface area contributed by atoms with Crippen LogP contribution in [0.15, 0.2) is 12.7 Å². The molecule has 0 amide bonds. The molecule has 1 fully saturated rings. The Balaban J connectivity index is 2.33. The van der Waals surface area contributed by atoms with Crippen molar-refractivity contribution >= 4 is 16.0 Å². The summed E-state index contributed by atoms with van der Waals surface area (Å²) in [5.74, 6) is -0.729. The third-order valence-corrected chi connectivity index (χ3v) is 5.06. The van der Waals surface area contributed by atoms with E-state index >= 15 is 0 Å². The summed E-state index contributed by atoms with van der Waals surface area (Å²) in [5.41, 5.74) is 0. The lowest BCUT2D eigenvalue weighted by Gasteiger charge is -2.42. The van der Waals surface area contributed by atoms with E-state index in [4.69, 9.17) is 5.11 Å². The van der Waals surface area contributed by atoms with Crippen LogP contribution in [0.25, 0.3) is 0 Å². The van der Waals surface area contributed by atoms with E-state index in [1.54, 1.807) is 6.08 Å². The Hall–Kier alpha value is -0.920. The molecule has 0 saturated heterocycles. The lowest BCUT2D eigenvalue weighted by atomic mass is 9.86. The number of hydrogen-bond acceptors (Lipinski definition) is 4. The Bertz CT molecular complexity index is 430. The number of carbonyl (C=O) groups is 1. The second kappa shape index (κ2) is 7.75. The number of unbranched alkanes of at least 4 members (excludes halogenated alkanes) is 1. The molecule has 0 bridgehead atoms. The zero-order valence-corrected chi connectivity index (χ0v) is 12.7. The molecule has 6 nitrogen and oxygen atoms in total. The molecule has 1 aliphatic carbocycles. The molecule has 0 aromatic rings. The van der Waals surface area contributed by atoms with Crippen LogP contribution < -0.4 is 4.72 Å². The third-order valence-electron chi connectivity index (χ3n) is 3.54. The fraction of sp³-hybridized carbons (Fsp3) is 0.769. The summed E-state index contributed by atoms with van der Waals surface area (Å²) in [6.45, 7) is 6.15. The topological polar surface area (TPSA) is 86.7 Å². The minimum absolute atomic E-state index is 0.0139. The number of nitrogens with zero attached hydrogens (tertiary/aromatic N) is 1. The maximum Gasteiger partial charge on any atom is 0.317 e. The van der Waals surface area contributed by atoms with Gasteiger partial charge in [0.15, 0.2) is 0 Å². The molecule has 1 saturated carbocycles. The van der Waals surface area contributed by atoms with Crippen molar-refractivity contribution in [3.05, 3.63) is 12.7 Å². The van der Waals surface area contributed by atoms with E-state index in [9.17, 15) is 13.2 Å². The first-order chi connectivity index (χ1) is 9.38. The molecule has 116 valence electrons. The van der Waals surface area contributed by atoms with Gasteiger partial charge >= 0.3 is 5.97 Å². The second-order valence-corrected chi connectivity index (χ2v) is 7.02. The molecule has 0 atom stereocenters. The van der Waals surface area contributed by atoms with E-state index in [0.717, 1.165) is 0 Å². The maximum atomic E-state index is 11.8. The van der Waals surface area contributed by atoms with Crippen LogP contribution in [0.3, 0.4) is 0 Å². The van der Waals surface area contributed by atoms with Crippen molar-refractivity contribution in [2.45, 2.75) is 44.7 Å². The number of likely N-dealkylation sites (N-methyl/N-ethyl adjacent to an activating group) is 1. The third kappa shape index (κ3) is 5.60. The Labute approximate surface area is 120 Å². The molecule has 7 heteroatoms. The summed E-state index contributed by atoms with van der Waals surface area (Å²) >= 11 is 0. The summed E-state index contributed by atoms with van der Waals surface area (Å²) in [7, 11) is -3.23. The van der Waals surface area contributed by atoms with Crippen LogP contribution in [0.4, 0.5) is 0 Å². The van der Waals surface area contributed by atoms with Crippen LogP contribution >= 0.6 is 0 Å². The van der Waals surface area contributed by atoms with E-state index < -0.39 is 16.0 Å². The average Bonchev–Trinajstić information content (AvgIpc) is 2.30. The summed E-state index contributed by atoms with van der Waals surface area (Å²) in [5, 5.41) is 8.80. The van der Waals surface area contributed by atoms with Gasteiger partial charge in [-0.2, -0.15) is 0 Å². The van der Waals surface area contributed by atoms with E-state index in [2.05, 4.69) is 11.3 Å². The number of sulfonamides is 1. The number of allylic oxidation sites excluding steroid dienone is 1. The normalized spacial score (nSPS) is 22.5. The van der Waals surface area contributed by atoms with Gasteiger partial charge in [-0.3, -0.25) is 9.69 Å². The number of carboxylic acid groups (broad SMARTS) is 1. The monoisotopic (exact) mass is 304 g/mol. The predicted octanol–water partition coefficient (Wildman–Crippen LogP) is 0.810. The molecule has 0 aliphatic heterocycles. The fourth-order valence-corrected chi connectivity index (χ4v) is 3.75. The molecule has 0 spiro atoms. The molecule has 2 N–H and O–H groups in total. The average molecular weight is 304 g/mol. The molecular weight excluding hydrogens is 280 g/mol. The summed E-state index contributed by atoms with van der Waals surface area (Å²) < 4.78 is 26.2. The molecule has 0 unspecified atom stereocenters. The molecule has 1 aliphatic rings. The highest BCUT2D eigenvalue weighted by atomic mass is 32.2. The van der Waals surface area contributed by atoms with Crippen LogP contribution in [0.1, 0.15) is 32.6 Å². The molecule has 1 rings (SSSR count). The van der Waals surface area contributed by atoms with Gasteiger partial charge in [0.1, 0.15) is 0 Å². The van der Waals surface area contributed by atoms with Gasteiger partial charge in [0.2, 0.25) is 10.0 Å². The second-order valence-electron chi connectivity index (χ2n) is 5.15. The first kappa shape index (κ1) is 17.1. The molecule has 0 radical (unpaired) electrons. The van der Waals surface area contributed by atoms with Crippen molar-refractivity contribution in [1.82, 2.24) is 9.62 Å².